The molecule has 1 heterocycles. The van der Waals surface area contributed by atoms with E-state index in [1.54, 1.807) is 6.20 Å². The van der Waals surface area contributed by atoms with E-state index in [1.165, 1.54) is 0 Å². The lowest BCUT2D eigenvalue weighted by molar-refractivity contribution is -0.121. The first-order valence-corrected chi connectivity index (χ1v) is 5.39. The molecule has 1 rings (SSSR count). The van der Waals surface area contributed by atoms with Gasteiger partial charge in [0.1, 0.15) is 0 Å². The molecule has 0 atom stereocenters. The van der Waals surface area contributed by atoms with Crippen molar-refractivity contribution in [2.24, 2.45) is 5.10 Å². The fourth-order valence-electron chi connectivity index (χ4n) is 1.18. The highest BCUT2D eigenvalue weighted by Crippen LogP contribution is 2.00. The molecule has 0 aliphatic heterocycles. The van der Waals surface area contributed by atoms with E-state index >= 15 is 0 Å². The van der Waals surface area contributed by atoms with Crippen LogP contribution in [0, 0.1) is 6.92 Å². The molecule has 1 aromatic rings. The summed E-state index contributed by atoms with van der Waals surface area (Å²) in [6.07, 6.45) is 3.08. The van der Waals surface area contributed by atoms with Crippen LogP contribution in [0.4, 0.5) is 0 Å². The van der Waals surface area contributed by atoms with Crippen LogP contribution in [-0.2, 0) is 4.79 Å². The molecule has 1 aromatic heterocycles. The van der Waals surface area contributed by atoms with Crippen LogP contribution in [0.1, 0.15) is 37.9 Å². The molecule has 4 heteroatoms. The highest BCUT2D eigenvalue weighted by Gasteiger charge is 2.00. The van der Waals surface area contributed by atoms with Crippen molar-refractivity contribution in [3.63, 3.8) is 0 Å². The Labute approximate surface area is 95.8 Å². The van der Waals surface area contributed by atoms with Crippen LogP contribution in [-0.4, -0.2) is 16.6 Å². The number of carbonyl (C=O) groups excluding carboxylic acids is 1. The first-order valence-electron chi connectivity index (χ1n) is 5.39. The third-order valence-electron chi connectivity index (χ3n) is 2.15. The fraction of sp³-hybridized carbons (Fsp3) is 0.417. The number of hydrazone groups is 1. The van der Waals surface area contributed by atoms with E-state index in [0.29, 0.717) is 6.42 Å². The summed E-state index contributed by atoms with van der Waals surface area (Å²) in [6.45, 7) is 5.73. The fourth-order valence-corrected chi connectivity index (χ4v) is 1.18. The monoisotopic (exact) mass is 219 g/mol. The molecule has 0 spiro atoms. The molecule has 0 fully saturated rings. The summed E-state index contributed by atoms with van der Waals surface area (Å²) < 4.78 is 0. The van der Waals surface area contributed by atoms with Gasteiger partial charge in [-0.15, -0.1) is 0 Å². The van der Waals surface area contributed by atoms with Gasteiger partial charge in [-0.1, -0.05) is 6.92 Å². The van der Waals surface area contributed by atoms with Crippen molar-refractivity contribution < 1.29 is 4.79 Å². The number of nitrogens with one attached hydrogen (secondary N) is 1. The van der Waals surface area contributed by atoms with E-state index in [-0.39, 0.29) is 5.91 Å². The van der Waals surface area contributed by atoms with Gasteiger partial charge in [-0.25, -0.2) is 5.43 Å². The molecular weight excluding hydrogens is 202 g/mol. The minimum absolute atomic E-state index is 0.0538. The Bertz CT molecular complexity index is 382. The minimum Gasteiger partial charge on any atom is -0.273 e. The number of hydrogen-bond donors (Lipinski definition) is 1. The number of nitrogens with zero attached hydrogens (tertiary/aromatic N) is 2. The van der Waals surface area contributed by atoms with E-state index < -0.39 is 0 Å². The summed E-state index contributed by atoms with van der Waals surface area (Å²) in [7, 11) is 0. The van der Waals surface area contributed by atoms with Crippen molar-refractivity contribution in [2.45, 2.75) is 33.6 Å². The number of aryl methyl sites for hydroxylation is 1. The van der Waals surface area contributed by atoms with Crippen molar-refractivity contribution in [2.75, 3.05) is 0 Å². The molecule has 16 heavy (non-hydrogen) atoms. The molecule has 0 saturated carbocycles. The van der Waals surface area contributed by atoms with Gasteiger partial charge < -0.3 is 0 Å². The van der Waals surface area contributed by atoms with Gasteiger partial charge in [0.2, 0.25) is 5.91 Å². The van der Waals surface area contributed by atoms with E-state index in [9.17, 15) is 4.79 Å². The van der Waals surface area contributed by atoms with Gasteiger partial charge in [0.25, 0.3) is 0 Å². The molecule has 0 aliphatic rings. The van der Waals surface area contributed by atoms with Gasteiger partial charge in [-0.05, 0) is 32.4 Å². The van der Waals surface area contributed by atoms with Crippen molar-refractivity contribution in [3.05, 3.63) is 29.6 Å². The van der Waals surface area contributed by atoms with E-state index in [4.69, 9.17) is 0 Å². The summed E-state index contributed by atoms with van der Waals surface area (Å²) in [4.78, 5) is 15.4. The molecule has 0 unspecified atom stereocenters. The SMILES string of the molecule is CCCC(=O)NN=C(C)c1ccc(C)nc1. The number of carbonyl (C=O) groups is 1. The Morgan fingerprint density at radius 3 is 2.81 bits per heavy atom. The van der Waals surface area contributed by atoms with Crippen LogP contribution in [0.2, 0.25) is 0 Å². The van der Waals surface area contributed by atoms with Crippen LogP contribution in [0.5, 0.6) is 0 Å². The largest absolute Gasteiger partial charge is 0.273 e. The van der Waals surface area contributed by atoms with Crippen molar-refractivity contribution >= 4 is 11.6 Å². The van der Waals surface area contributed by atoms with Gasteiger partial charge in [0.15, 0.2) is 0 Å². The van der Waals surface area contributed by atoms with Crippen LogP contribution >= 0.6 is 0 Å². The first kappa shape index (κ1) is 12.4. The zero-order valence-electron chi connectivity index (χ0n) is 9.95. The summed E-state index contributed by atoms with van der Waals surface area (Å²) in [5.74, 6) is -0.0538. The van der Waals surface area contributed by atoms with Gasteiger partial charge in [0, 0.05) is 23.9 Å². The maximum atomic E-state index is 11.2. The molecule has 0 radical (unpaired) electrons. The van der Waals surface area contributed by atoms with Gasteiger partial charge in [0.05, 0.1) is 5.71 Å². The number of amides is 1. The zero-order chi connectivity index (χ0) is 12.0. The normalized spacial score (nSPS) is 11.3. The highest BCUT2D eigenvalue weighted by molar-refractivity contribution is 5.98. The average molecular weight is 219 g/mol. The average Bonchev–Trinajstić information content (AvgIpc) is 2.27. The Balaban J connectivity index is 2.63. The van der Waals surface area contributed by atoms with Crippen LogP contribution < -0.4 is 5.43 Å². The molecule has 0 aliphatic carbocycles. The lowest BCUT2D eigenvalue weighted by Gasteiger charge is -2.02. The second-order valence-electron chi connectivity index (χ2n) is 3.67. The van der Waals surface area contributed by atoms with Crippen molar-refractivity contribution in [1.82, 2.24) is 10.4 Å². The molecule has 0 saturated heterocycles. The standard InChI is InChI=1S/C12H17N3O/c1-4-5-12(16)15-14-10(3)11-7-6-9(2)13-8-11/h6-8H,4-5H2,1-3H3,(H,15,16). The van der Waals surface area contributed by atoms with Gasteiger partial charge in [-0.2, -0.15) is 5.10 Å². The third kappa shape index (κ3) is 3.81. The summed E-state index contributed by atoms with van der Waals surface area (Å²) in [6, 6.07) is 3.86. The zero-order valence-corrected chi connectivity index (χ0v) is 9.95. The van der Waals surface area contributed by atoms with E-state index in [2.05, 4.69) is 15.5 Å². The molecule has 1 N–H and O–H groups in total. The maximum absolute atomic E-state index is 11.2. The molecular formula is C12H17N3O. The number of hydrogen-bond acceptors (Lipinski definition) is 3. The van der Waals surface area contributed by atoms with Gasteiger partial charge in [-0.3, -0.25) is 9.78 Å². The molecule has 1 amide bonds. The van der Waals surface area contributed by atoms with Crippen LogP contribution in [0.3, 0.4) is 0 Å². The Hall–Kier alpha value is -1.71. The summed E-state index contributed by atoms with van der Waals surface area (Å²) >= 11 is 0. The third-order valence-corrected chi connectivity index (χ3v) is 2.15. The maximum Gasteiger partial charge on any atom is 0.240 e. The highest BCUT2D eigenvalue weighted by atomic mass is 16.2. The predicted molar refractivity (Wildman–Crippen MR) is 64.2 cm³/mol. The minimum atomic E-state index is -0.0538. The first-order chi connectivity index (χ1) is 7.63. The number of aromatic nitrogens is 1. The van der Waals surface area contributed by atoms with Crippen molar-refractivity contribution in [3.8, 4) is 0 Å². The lowest BCUT2D eigenvalue weighted by Crippen LogP contribution is -2.18. The van der Waals surface area contributed by atoms with Crippen molar-refractivity contribution in [1.29, 1.82) is 0 Å². The van der Waals surface area contributed by atoms with E-state index in [1.807, 2.05) is 32.9 Å². The quantitative estimate of drug-likeness (QED) is 0.622. The Morgan fingerprint density at radius 1 is 1.50 bits per heavy atom. The number of pyridine rings is 1. The topological polar surface area (TPSA) is 54.4 Å². The summed E-state index contributed by atoms with van der Waals surface area (Å²) in [5, 5.41) is 4.02. The molecule has 86 valence electrons. The lowest BCUT2D eigenvalue weighted by atomic mass is 10.2. The number of rotatable bonds is 4. The van der Waals surface area contributed by atoms with Crippen LogP contribution in [0.15, 0.2) is 23.4 Å². The van der Waals surface area contributed by atoms with Gasteiger partial charge >= 0.3 is 0 Å². The second kappa shape index (κ2) is 6.00. The molecule has 4 nitrogen and oxygen atoms in total. The molecule has 0 bridgehead atoms. The predicted octanol–water partition coefficient (Wildman–Crippen LogP) is 2.03. The Morgan fingerprint density at radius 2 is 2.25 bits per heavy atom. The van der Waals surface area contributed by atoms with Crippen LogP contribution in [0.25, 0.3) is 0 Å². The molecule has 0 aromatic carbocycles. The smallest absolute Gasteiger partial charge is 0.240 e. The summed E-state index contributed by atoms with van der Waals surface area (Å²) in [5.41, 5.74) is 5.16. The van der Waals surface area contributed by atoms with E-state index in [0.717, 1.165) is 23.4 Å². The second-order valence-corrected chi connectivity index (χ2v) is 3.67. The Kier molecular flexibility index (Phi) is 4.64.